The molecule has 0 radical (unpaired) electrons. The minimum Gasteiger partial charge on any atom is -0.496 e. The average Bonchev–Trinajstić information content (AvgIpc) is 3.10. The van der Waals surface area contributed by atoms with E-state index >= 15 is 0 Å². The van der Waals surface area contributed by atoms with Crippen LogP contribution in [0.3, 0.4) is 0 Å². The lowest BCUT2D eigenvalue weighted by atomic mass is 9.89. The maximum atomic E-state index is 13.6. The van der Waals surface area contributed by atoms with E-state index in [0.29, 0.717) is 23.8 Å². The fourth-order valence-corrected chi connectivity index (χ4v) is 4.36. The molecule has 1 aliphatic rings. The topological polar surface area (TPSA) is 42.4 Å². The van der Waals surface area contributed by atoms with Crippen LogP contribution in [0.1, 0.15) is 53.7 Å². The van der Waals surface area contributed by atoms with E-state index in [1.54, 1.807) is 11.3 Å². The number of carbonyl (C=O) groups is 1. The fraction of sp³-hybridized carbons (Fsp3) is 0.500. The third-order valence-electron chi connectivity index (χ3n) is 4.82. The van der Waals surface area contributed by atoms with Crippen LogP contribution < -0.4 is 4.74 Å². The molecule has 0 saturated carbocycles. The first-order chi connectivity index (χ1) is 12.5. The Labute approximate surface area is 158 Å². The average molecular weight is 376 g/mol. The molecule has 1 aromatic carbocycles. The third-order valence-corrected chi connectivity index (χ3v) is 5.68. The van der Waals surface area contributed by atoms with E-state index in [-0.39, 0.29) is 11.7 Å². The molecule has 6 heteroatoms. The molecule has 1 aliphatic heterocycles. The van der Waals surface area contributed by atoms with Gasteiger partial charge >= 0.3 is 0 Å². The zero-order valence-corrected chi connectivity index (χ0v) is 16.3. The Morgan fingerprint density at radius 1 is 1.46 bits per heavy atom. The largest absolute Gasteiger partial charge is 0.496 e. The molecule has 1 unspecified atom stereocenters. The molecule has 1 saturated heterocycles. The smallest absolute Gasteiger partial charge is 0.171 e. The molecule has 0 bridgehead atoms. The lowest BCUT2D eigenvalue weighted by Gasteiger charge is -2.31. The van der Waals surface area contributed by atoms with E-state index in [4.69, 9.17) is 9.72 Å². The monoisotopic (exact) mass is 376 g/mol. The van der Waals surface area contributed by atoms with Crippen molar-refractivity contribution in [3.05, 3.63) is 45.7 Å². The summed E-state index contributed by atoms with van der Waals surface area (Å²) in [5.41, 5.74) is 1.47. The second-order valence-electron chi connectivity index (χ2n) is 7.10. The van der Waals surface area contributed by atoms with E-state index in [1.165, 1.54) is 25.3 Å². The molecule has 140 valence electrons. The first kappa shape index (κ1) is 19.0. The van der Waals surface area contributed by atoms with E-state index in [0.717, 1.165) is 36.6 Å². The van der Waals surface area contributed by atoms with Gasteiger partial charge in [-0.15, -0.1) is 11.3 Å². The van der Waals surface area contributed by atoms with Crippen molar-refractivity contribution in [3.8, 4) is 5.75 Å². The van der Waals surface area contributed by atoms with Crippen molar-refractivity contribution in [3.63, 3.8) is 0 Å². The van der Waals surface area contributed by atoms with Crippen molar-refractivity contribution >= 4 is 17.1 Å². The van der Waals surface area contributed by atoms with Crippen LogP contribution >= 0.6 is 11.3 Å². The lowest BCUT2D eigenvalue weighted by Crippen LogP contribution is -2.38. The maximum Gasteiger partial charge on any atom is 0.171 e. The van der Waals surface area contributed by atoms with Crippen LogP contribution in [0.25, 0.3) is 0 Å². The van der Waals surface area contributed by atoms with Gasteiger partial charge < -0.3 is 4.74 Å². The number of likely N-dealkylation sites (tertiary alicyclic amines) is 1. The molecule has 0 amide bonds. The van der Waals surface area contributed by atoms with Crippen LogP contribution in [0.15, 0.2) is 23.6 Å². The summed E-state index contributed by atoms with van der Waals surface area (Å²) in [6.07, 6.45) is 1.78. The van der Waals surface area contributed by atoms with E-state index in [1.807, 2.05) is 0 Å². The number of benzene rings is 1. The Hall–Kier alpha value is -1.79. The Kier molecular flexibility index (Phi) is 6.04. The summed E-state index contributed by atoms with van der Waals surface area (Å²) in [6.45, 7) is 6.68. The molecule has 1 fully saturated rings. The highest BCUT2D eigenvalue weighted by Crippen LogP contribution is 2.28. The number of carbonyl (C=O) groups excluding carboxylic acids is 1. The first-order valence-corrected chi connectivity index (χ1v) is 9.90. The van der Waals surface area contributed by atoms with Crippen LogP contribution in [-0.2, 0) is 6.54 Å². The number of hydrogen-bond acceptors (Lipinski definition) is 5. The molecule has 26 heavy (non-hydrogen) atoms. The highest BCUT2D eigenvalue weighted by atomic mass is 32.1. The van der Waals surface area contributed by atoms with Crippen molar-refractivity contribution in [1.82, 2.24) is 9.88 Å². The number of hydrogen-bond donors (Lipinski definition) is 0. The van der Waals surface area contributed by atoms with Crippen molar-refractivity contribution < 1.29 is 13.9 Å². The Bertz CT molecular complexity index is 775. The predicted molar refractivity (Wildman–Crippen MR) is 101 cm³/mol. The molecule has 0 aliphatic carbocycles. The predicted octanol–water partition coefficient (Wildman–Crippen LogP) is 4.51. The SMILES string of the molecule is COc1ccc(F)cc1C(=O)C1CCCN(Cc2nc(C(C)C)cs2)C1. The molecule has 1 aromatic heterocycles. The Balaban J connectivity index is 1.69. The van der Waals surface area contributed by atoms with Gasteiger partial charge in [-0.3, -0.25) is 9.69 Å². The summed E-state index contributed by atoms with van der Waals surface area (Å²) >= 11 is 1.68. The second kappa shape index (κ2) is 8.27. The minimum absolute atomic E-state index is 0.0342. The number of ketones is 1. The zero-order valence-electron chi connectivity index (χ0n) is 15.5. The number of rotatable bonds is 6. The van der Waals surface area contributed by atoms with Crippen molar-refractivity contribution in [2.75, 3.05) is 20.2 Å². The van der Waals surface area contributed by atoms with E-state index < -0.39 is 5.82 Å². The number of halogens is 1. The number of thiazole rings is 1. The third kappa shape index (κ3) is 4.30. The Morgan fingerprint density at radius 2 is 2.27 bits per heavy atom. The van der Waals surface area contributed by atoms with Gasteiger partial charge in [0.15, 0.2) is 5.78 Å². The first-order valence-electron chi connectivity index (χ1n) is 9.02. The van der Waals surface area contributed by atoms with Crippen molar-refractivity contribution in [1.29, 1.82) is 0 Å². The Morgan fingerprint density at radius 3 is 2.96 bits per heavy atom. The number of ether oxygens (including phenoxy) is 1. The molecule has 1 atom stereocenters. The zero-order chi connectivity index (χ0) is 18.7. The standard InChI is InChI=1S/C20H25FN2O2S/c1-13(2)17-12-26-19(22-17)11-23-8-4-5-14(10-23)20(24)16-9-15(21)6-7-18(16)25-3/h6-7,9,12-14H,4-5,8,10-11H2,1-3H3. The van der Waals surface area contributed by atoms with E-state index in [2.05, 4.69) is 24.1 Å². The van der Waals surface area contributed by atoms with Crippen molar-refractivity contribution in [2.45, 2.75) is 39.2 Å². The molecular weight excluding hydrogens is 351 g/mol. The number of piperidine rings is 1. The summed E-state index contributed by atoms with van der Waals surface area (Å²) in [5, 5.41) is 3.20. The maximum absolute atomic E-state index is 13.6. The quantitative estimate of drug-likeness (QED) is 0.696. The second-order valence-corrected chi connectivity index (χ2v) is 8.05. The molecule has 3 rings (SSSR count). The summed E-state index contributed by atoms with van der Waals surface area (Å²) in [5.74, 6) is 0.286. The van der Waals surface area contributed by atoms with Crippen LogP contribution in [-0.4, -0.2) is 35.9 Å². The number of Topliss-reactive ketones (excluding diaryl/α,β-unsaturated/α-hetero) is 1. The van der Waals surface area contributed by atoms with Crippen LogP contribution in [0.5, 0.6) is 5.75 Å². The highest BCUT2D eigenvalue weighted by Gasteiger charge is 2.29. The fourth-order valence-electron chi connectivity index (χ4n) is 3.36. The van der Waals surface area contributed by atoms with Gasteiger partial charge in [0.25, 0.3) is 0 Å². The molecule has 2 aromatic rings. The summed E-state index contributed by atoms with van der Waals surface area (Å²) in [7, 11) is 1.51. The molecule has 0 spiro atoms. The molecule has 0 N–H and O–H groups in total. The highest BCUT2D eigenvalue weighted by molar-refractivity contribution is 7.09. The summed E-state index contributed by atoms with van der Waals surface area (Å²) < 4.78 is 18.9. The van der Waals surface area contributed by atoms with Gasteiger partial charge in [0.2, 0.25) is 0 Å². The van der Waals surface area contributed by atoms with Crippen LogP contribution in [0, 0.1) is 11.7 Å². The normalized spacial score (nSPS) is 18.3. The van der Waals surface area contributed by atoms with Crippen LogP contribution in [0.2, 0.25) is 0 Å². The minimum atomic E-state index is -0.411. The van der Waals surface area contributed by atoms with Gasteiger partial charge in [-0.2, -0.15) is 0 Å². The van der Waals surface area contributed by atoms with Gasteiger partial charge in [0.05, 0.1) is 24.9 Å². The van der Waals surface area contributed by atoms with Gasteiger partial charge in [-0.1, -0.05) is 13.8 Å². The van der Waals surface area contributed by atoms with Gasteiger partial charge in [0.1, 0.15) is 16.6 Å². The van der Waals surface area contributed by atoms with E-state index in [9.17, 15) is 9.18 Å². The van der Waals surface area contributed by atoms with Gasteiger partial charge in [-0.05, 0) is 43.5 Å². The molecule has 4 nitrogen and oxygen atoms in total. The number of nitrogens with zero attached hydrogens (tertiary/aromatic N) is 2. The van der Waals surface area contributed by atoms with Gasteiger partial charge in [-0.25, -0.2) is 9.37 Å². The van der Waals surface area contributed by atoms with Crippen molar-refractivity contribution in [2.24, 2.45) is 5.92 Å². The summed E-state index contributed by atoms with van der Waals surface area (Å²) in [4.78, 5) is 19.9. The van der Waals surface area contributed by atoms with Crippen LogP contribution in [0.4, 0.5) is 4.39 Å². The molecule has 2 heterocycles. The lowest BCUT2D eigenvalue weighted by molar-refractivity contribution is 0.0808. The van der Waals surface area contributed by atoms with Gasteiger partial charge in [0, 0.05) is 17.8 Å². The number of aromatic nitrogens is 1. The summed E-state index contributed by atoms with van der Waals surface area (Å²) in [6, 6.07) is 4.12. The molecular formula is C20H25FN2O2S. The number of methoxy groups -OCH3 is 1.